The maximum atomic E-state index is 12.0. The lowest BCUT2D eigenvalue weighted by atomic mass is 9.91. The first-order valence-electron chi connectivity index (χ1n) is 11.3. The van der Waals surface area contributed by atoms with Gasteiger partial charge in [0.25, 0.3) is 5.91 Å². The molecule has 1 aliphatic carbocycles. The molecule has 0 spiro atoms. The second kappa shape index (κ2) is 10.4. The van der Waals surface area contributed by atoms with Gasteiger partial charge in [0.2, 0.25) is 5.95 Å². The summed E-state index contributed by atoms with van der Waals surface area (Å²) in [7, 11) is 3.23. The third-order valence-electron chi connectivity index (χ3n) is 6.03. The quantitative estimate of drug-likeness (QED) is 0.398. The van der Waals surface area contributed by atoms with Gasteiger partial charge in [0.15, 0.2) is 0 Å². The topological polar surface area (TPSA) is 137 Å². The average Bonchev–Trinajstić information content (AvgIpc) is 2.85. The van der Waals surface area contributed by atoms with Crippen LogP contribution in [-0.4, -0.2) is 42.2 Å². The van der Waals surface area contributed by atoms with Crippen LogP contribution in [0.1, 0.15) is 36.0 Å². The number of carbonyl (C=O) groups excluding carboxylic acids is 1. The van der Waals surface area contributed by atoms with Gasteiger partial charge in [-0.05, 0) is 42.7 Å². The Morgan fingerprint density at radius 2 is 1.91 bits per heavy atom. The number of ether oxygens (including phenoxy) is 2. The summed E-state index contributed by atoms with van der Waals surface area (Å²) < 4.78 is 10.8. The van der Waals surface area contributed by atoms with Crippen LogP contribution in [0.5, 0.6) is 11.5 Å². The summed E-state index contributed by atoms with van der Waals surface area (Å²) in [6.07, 6.45) is 5.59. The second-order valence-corrected chi connectivity index (χ2v) is 8.29. The number of hydrogen-bond acceptors (Lipinski definition) is 8. The molecule has 1 fully saturated rings. The Hall–Kier alpha value is -3.85. The van der Waals surface area contributed by atoms with Gasteiger partial charge in [0.05, 0.1) is 14.2 Å². The van der Waals surface area contributed by atoms with Crippen LogP contribution in [0.3, 0.4) is 0 Å². The van der Waals surface area contributed by atoms with Crippen LogP contribution in [0, 0.1) is 0 Å². The fourth-order valence-corrected chi connectivity index (χ4v) is 4.17. The van der Waals surface area contributed by atoms with E-state index in [9.17, 15) is 4.79 Å². The molecule has 0 bridgehead atoms. The van der Waals surface area contributed by atoms with Crippen LogP contribution >= 0.6 is 0 Å². The number of methoxy groups -OCH3 is 2. The Kier molecular flexibility index (Phi) is 7.12. The van der Waals surface area contributed by atoms with E-state index >= 15 is 0 Å². The molecule has 1 amide bonds. The number of nitrogens with zero attached hydrogens (tertiary/aromatic N) is 2. The van der Waals surface area contributed by atoms with E-state index in [2.05, 4.69) is 20.6 Å². The molecule has 9 nitrogen and oxygen atoms in total. The molecule has 0 unspecified atom stereocenters. The fourth-order valence-electron chi connectivity index (χ4n) is 4.17. The van der Waals surface area contributed by atoms with Crippen molar-refractivity contribution in [2.75, 3.05) is 24.9 Å². The van der Waals surface area contributed by atoms with Crippen molar-refractivity contribution in [2.24, 2.45) is 11.5 Å². The average molecular weight is 463 g/mol. The summed E-state index contributed by atoms with van der Waals surface area (Å²) in [4.78, 5) is 20.9. The van der Waals surface area contributed by atoms with Crippen LogP contribution in [0.15, 0.2) is 48.7 Å². The molecule has 1 saturated carbocycles. The summed E-state index contributed by atoms with van der Waals surface area (Å²) in [5.74, 6) is 1.51. The molecule has 178 valence electrons. The smallest absolute Gasteiger partial charge is 0.254 e. The number of nitrogens with two attached hydrogens (primary N) is 2. The first kappa shape index (κ1) is 23.3. The Morgan fingerprint density at radius 1 is 1.09 bits per heavy atom. The zero-order chi connectivity index (χ0) is 24.1. The molecule has 1 aromatic heterocycles. The van der Waals surface area contributed by atoms with E-state index < -0.39 is 5.91 Å². The number of rotatable bonds is 8. The molecule has 2 aromatic carbocycles. The van der Waals surface area contributed by atoms with Crippen molar-refractivity contribution in [2.45, 2.75) is 37.8 Å². The third kappa shape index (κ3) is 5.20. The molecule has 0 saturated heterocycles. The van der Waals surface area contributed by atoms with Crippen LogP contribution < -0.4 is 31.6 Å². The molecule has 1 aliphatic rings. The van der Waals surface area contributed by atoms with E-state index in [0.29, 0.717) is 23.3 Å². The Balaban J connectivity index is 1.62. The molecule has 4 rings (SSSR count). The van der Waals surface area contributed by atoms with Gasteiger partial charge in [-0.2, -0.15) is 4.98 Å². The number of benzene rings is 2. The highest BCUT2D eigenvalue weighted by Gasteiger charge is 2.23. The number of primary amides is 1. The molecule has 9 heteroatoms. The molecule has 0 radical (unpaired) electrons. The Morgan fingerprint density at radius 3 is 2.65 bits per heavy atom. The maximum absolute atomic E-state index is 12.0. The number of aromatic nitrogens is 2. The Bertz CT molecular complexity index is 1170. The molecule has 3 aromatic rings. The predicted molar refractivity (Wildman–Crippen MR) is 133 cm³/mol. The van der Waals surface area contributed by atoms with Gasteiger partial charge in [0, 0.05) is 35.6 Å². The summed E-state index contributed by atoms with van der Waals surface area (Å²) in [6, 6.07) is 13.5. The highest BCUT2D eigenvalue weighted by Crippen LogP contribution is 2.35. The van der Waals surface area contributed by atoms with Crippen molar-refractivity contribution in [3.8, 4) is 22.6 Å². The third-order valence-corrected chi connectivity index (χ3v) is 6.03. The van der Waals surface area contributed by atoms with Crippen molar-refractivity contribution < 1.29 is 14.3 Å². The van der Waals surface area contributed by atoms with Gasteiger partial charge in [-0.3, -0.25) is 4.79 Å². The van der Waals surface area contributed by atoms with Crippen LogP contribution in [0.25, 0.3) is 11.1 Å². The molecular formula is C25H30N6O3. The number of anilines is 3. The van der Waals surface area contributed by atoms with E-state index in [1.165, 1.54) is 6.20 Å². The zero-order valence-electron chi connectivity index (χ0n) is 19.4. The van der Waals surface area contributed by atoms with Gasteiger partial charge in [-0.25, -0.2) is 4.98 Å². The molecule has 6 N–H and O–H groups in total. The largest absolute Gasteiger partial charge is 0.497 e. The summed E-state index contributed by atoms with van der Waals surface area (Å²) in [5, 5.41) is 6.54. The van der Waals surface area contributed by atoms with Gasteiger partial charge in [-0.15, -0.1) is 0 Å². The highest BCUT2D eigenvalue weighted by atomic mass is 16.5. The highest BCUT2D eigenvalue weighted by molar-refractivity contribution is 5.98. The van der Waals surface area contributed by atoms with E-state index in [4.69, 9.17) is 20.9 Å². The summed E-state index contributed by atoms with van der Waals surface area (Å²) in [6.45, 7) is 0. The number of hydrogen-bond donors (Lipinski definition) is 4. The molecular weight excluding hydrogens is 432 g/mol. The van der Waals surface area contributed by atoms with E-state index in [1.54, 1.807) is 14.2 Å². The lowest BCUT2D eigenvalue weighted by Crippen LogP contribution is -2.43. The second-order valence-electron chi connectivity index (χ2n) is 8.29. The lowest BCUT2D eigenvalue weighted by molar-refractivity contribution is 0.100. The summed E-state index contributed by atoms with van der Waals surface area (Å²) >= 11 is 0. The standard InChI is InChI=1S/C25H30N6O3/c1-33-17-10-11-18(22(13-17)34-2)15-6-5-7-16(12-15)29-24-19(23(27)32)14-28-25(31-24)30-21-9-4-3-8-20(21)26/h5-7,10-14,20-21H,3-4,8-9,26H2,1-2H3,(H2,27,32)(H2,28,29,30,31)/t20-,21+/m0/s1. The molecule has 0 aliphatic heterocycles. The van der Waals surface area contributed by atoms with Gasteiger partial charge in [-0.1, -0.05) is 25.0 Å². The number of nitrogens with one attached hydrogen (secondary N) is 2. The monoisotopic (exact) mass is 462 g/mol. The normalized spacial score (nSPS) is 17.6. The lowest BCUT2D eigenvalue weighted by Gasteiger charge is -2.29. The van der Waals surface area contributed by atoms with E-state index in [0.717, 1.165) is 42.5 Å². The van der Waals surface area contributed by atoms with Crippen molar-refractivity contribution >= 4 is 23.4 Å². The molecule has 34 heavy (non-hydrogen) atoms. The fraction of sp³-hybridized carbons (Fsp3) is 0.320. The van der Waals surface area contributed by atoms with E-state index in [-0.39, 0.29) is 17.6 Å². The predicted octanol–water partition coefficient (Wildman–Crippen LogP) is 3.69. The summed E-state index contributed by atoms with van der Waals surface area (Å²) in [5.41, 5.74) is 14.6. The van der Waals surface area contributed by atoms with Gasteiger partial charge < -0.3 is 31.6 Å². The number of carbonyl (C=O) groups is 1. The van der Waals surface area contributed by atoms with Crippen LogP contribution in [-0.2, 0) is 0 Å². The van der Waals surface area contributed by atoms with Crippen molar-refractivity contribution in [1.82, 2.24) is 9.97 Å². The number of amides is 1. The van der Waals surface area contributed by atoms with Gasteiger partial charge >= 0.3 is 0 Å². The van der Waals surface area contributed by atoms with Crippen molar-refractivity contribution in [3.05, 3.63) is 54.2 Å². The maximum Gasteiger partial charge on any atom is 0.254 e. The SMILES string of the molecule is COc1ccc(-c2cccc(Nc3nc(N[C@@H]4CCCC[C@@H]4N)ncc3C(N)=O)c2)c(OC)c1. The van der Waals surface area contributed by atoms with Gasteiger partial charge in [0.1, 0.15) is 22.9 Å². The minimum absolute atomic E-state index is 0.0423. The minimum Gasteiger partial charge on any atom is -0.497 e. The van der Waals surface area contributed by atoms with Crippen LogP contribution in [0.2, 0.25) is 0 Å². The van der Waals surface area contributed by atoms with Crippen molar-refractivity contribution in [1.29, 1.82) is 0 Å². The minimum atomic E-state index is -0.614. The molecule has 1 heterocycles. The van der Waals surface area contributed by atoms with Crippen LogP contribution in [0.4, 0.5) is 17.5 Å². The van der Waals surface area contributed by atoms with Crippen molar-refractivity contribution in [3.63, 3.8) is 0 Å². The van der Waals surface area contributed by atoms with E-state index in [1.807, 2.05) is 42.5 Å². The first-order valence-corrected chi connectivity index (χ1v) is 11.3. The molecule has 2 atom stereocenters. The Labute approximate surface area is 198 Å². The first-order chi connectivity index (χ1) is 16.5. The zero-order valence-corrected chi connectivity index (χ0v) is 19.4.